The number of rotatable bonds is 4. The van der Waals surface area contributed by atoms with Crippen molar-refractivity contribution in [1.29, 1.82) is 0 Å². The second-order valence-electron chi connectivity index (χ2n) is 4.16. The Morgan fingerprint density at radius 1 is 1.44 bits per heavy atom. The molecule has 0 saturated heterocycles. The molecule has 0 unspecified atom stereocenters. The predicted octanol–water partition coefficient (Wildman–Crippen LogP) is 1.91. The molecule has 0 spiro atoms. The summed E-state index contributed by atoms with van der Waals surface area (Å²) in [5, 5.41) is 10.5. The molecule has 0 amide bonds. The zero-order valence-corrected chi connectivity index (χ0v) is 12.1. The number of aromatic amines is 1. The van der Waals surface area contributed by atoms with E-state index < -0.39 is 10.0 Å². The van der Waals surface area contributed by atoms with Crippen LogP contribution in [0.3, 0.4) is 0 Å². The van der Waals surface area contributed by atoms with E-state index in [1.54, 1.807) is 32.2 Å². The molecule has 2 aromatic rings. The Hall–Kier alpha value is -1.18. The van der Waals surface area contributed by atoms with Gasteiger partial charge < -0.3 is 0 Å². The molecule has 18 heavy (non-hydrogen) atoms. The molecule has 0 aromatic carbocycles. The fourth-order valence-corrected chi connectivity index (χ4v) is 3.94. The fraction of sp³-hybridized carbons (Fsp3) is 0.364. The van der Waals surface area contributed by atoms with Crippen molar-refractivity contribution in [3.63, 3.8) is 0 Å². The molecule has 5 nitrogen and oxygen atoms in total. The number of aryl methyl sites for hydroxylation is 2. The van der Waals surface area contributed by atoms with Gasteiger partial charge in [0.2, 0.25) is 10.0 Å². The number of nitrogens with zero attached hydrogens (tertiary/aromatic N) is 2. The van der Waals surface area contributed by atoms with Crippen molar-refractivity contribution >= 4 is 21.4 Å². The zero-order chi connectivity index (χ0) is 13.3. The summed E-state index contributed by atoms with van der Waals surface area (Å²) < 4.78 is 26.2. The summed E-state index contributed by atoms with van der Waals surface area (Å²) in [4.78, 5) is 0.278. The summed E-state index contributed by atoms with van der Waals surface area (Å²) in [6.07, 6.45) is 0. The standard InChI is InChI=1S/C11H15N3O2S2/c1-8-11(9(2)13-12-8)18(15,16)14(3)6-10-4-5-17-7-10/h4-5,7H,6H2,1-3H3,(H,12,13). The highest BCUT2D eigenvalue weighted by atomic mass is 32.2. The average Bonchev–Trinajstić information content (AvgIpc) is 2.89. The van der Waals surface area contributed by atoms with Gasteiger partial charge in [-0.2, -0.15) is 20.7 Å². The lowest BCUT2D eigenvalue weighted by Crippen LogP contribution is -2.27. The number of aromatic nitrogens is 2. The average molecular weight is 285 g/mol. The molecule has 2 aromatic heterocycles. The fourth-order valence-electron chi connectivity index (χ4n) is 1.80. The van der Waals surface area contributed by atoms with Crippen molar-refractivity contribution in [2.75, 3.05) is 7.05 Å². The number of thiophene rings is 1. The number of H-pyrrole nitrogens is 1. The van der Waals surface area contributed by atoms with E-state index in [9.17, 15) is 8.42 Å². The van der Waals surface area contributed by atoms with Gasteiger partial charge in [-0.3, -0.25) is 5.10 Å². The number of sulfonamides is 1. The van der Waals surface area contributed by atoms with Crippen LogP contribution in [-0.2, 0) is 16.6 Å². The normalized spacial score (nSPS) is 12.2. The lowest BCUT2D eigenvalue weighted by atomic mass is 10.3. The first-order valence-corrected chi connectivity index (χ1v) is 7.80. The molecule has 0 aliphatic heterocycles. The van der Waals surface area contributed by atoms with Crippen LogP contribution in [0.5, 0.6) is 0 Å². The Morgan fingerprint density at radius 2 is 2.17 bits per heavy atom. The van der Waals surface area contributed by atoms with Gasteiger partial charge in [-0.1, -0.05) is 0 Å². The van der Waals surface area contributed by atoms with Gasteiger partial charge in [0.05, 0.1) is 11.4 Å². The van der Waals surface area contributed by atoms with Crippen LogP contribution in [0, 0.1) is 13.8 Å². The van der Waals surface area contributed by atoms with Crippen LogP contribution in [0.25, 0.3) is 0 Å². The smallest absolute Gasteiger partial charge is 0.246 e. The molecule has 0 bridgehead atoms. The molecule has 1 N–H and O–H groups in total. The van der Waals surface area contributed by atoms with Crippen LogP contribution in [0.4, 0.5) is 0 Å². The van der Waals surface area contributed by atoms with Crippen LogP contribution in [0.2, 0.25) is 0 Å². The topological polar surface area (TPSA) is 66.1 Å². The second-order valence-corrected chi connectivity index (χ2v) is 6.92. The van der Waals surface area contributed by atoms with Gasteiger partial charge in [0.1, 0.15) is 4.90 Å². The summed E-state index contributed by atoms with van der Waals surface area (Å²) in [6.45, 7) is 3.77. The Kier molecular flexibility index (Phi) is 3.56. The number of nitrogens with one attached hydrogen (secondary N) is 1. The van der Waals surface area contributed by atoms with Crippen molar-refractivity contribution < 1.29 is 8.42 Å². The summed E-state index contributed by atoms with van der Waals surface area (Å²) >= 11 is 1.56. The maximum Gasteiger partial charge on any atom is 0.246 e. The molecule has 0 radical (unpaired) electrons. The maximum absolute atomic E-state index is 12.4. The van der Waals surface area contributed by atoms with E-state index >= 15 is 0 Å². The SMILES string of the molecule is Cc1n[nH]c(C)c1S(=O)(=O)N(C)Cc1ccsc1. The second kappa shape index (κ2) is 4.83. The van der Waals surface area contributed by atoms with E-state index in [4.69, 9.17) is 0 Å². The van der Waals surface area contributed by atoms with Gasteiger partial charge in [-0.05, 0) is 36.2 Å². The number of hydrogen-bond donors (Lipinski definition) is 1. The molecule has 7 heteroatoms. The third kappa shape index (κ3) is 2.33. The molecule has 98 valence electrons. The lowest BCUT2D eigenvalue weighted by molar-refractivity contribution is 0.466. The third-order valence-corrected chi connectivity index (χ3v) is 5.51. The predicted molar refractivity (Wildman–Crippen MR) is 71.0 cm³/mol. The monoisotopic (exact) mass is 285 g/mol. The van der Waals surface area contributed by atoms with Gasteiger partial charge in [0, 0.05) is 13.6 Å². The third-order valence-electron chi connectivity index (χ3n) is 2.71. The number of hydrogen-bond acceptors (Lipinski definition) is 4. The van der Waals surface area contributed by atoms with Crippen molar-refractivity contribution in [3.8, 4) is 0 Å². The molecule has 2 rings (SSSR count). The largest absolute Gasteiger partial charge is 0.281 e. The Bertz CT molecular complexity index is 610. The van der Waals surface area contributed by atoms with Gasteiger partial charge in [-0.15, -0.1) is 0 Å². The summed E-state index contributed by atoms with van der Waals surface area (Å²) in [5.41, 5.74) is 2.07. The molecule has 0 aliphatic rings. The summed E-state index contributed by atoms with van der Waals surface area (Å²) in [7, 11) is -1.91. The van der Waals surface area contributed by atoms with E-state index in [-0.39, 0.29) is 4.90 Å². The minimum absolute atomic E-state index is 0.278. The highest BCUT2D eigenvalue weighted by Crippen LogP contribution is 2.22. The Labute approximate surface area is 111 Å². The van der Waals surface area contributed by atoms with Crippen molar-refractivity contribution in [3.05, 3.63) is 33.8 Å². The first-order chi connectivity index (χ1) is 8.43. The Balaban J connectivity index is 2.32. The van der Waals surface area contributed by atoms with Crippen LogP contribution < -0.4 is 0 Å². The molecule has 0 fully saturated rings. The highest BCUT2D eigenvalue weighted by Gasteiger charge is 2.26. The van der Waals surface area contributed by atoms with E-state index in [1.165, 1.54) is 4.31 Å². The first kappa shape index (κ1) is 13.3. The highest BCUT2D eigenvalue weighted by molar-refractivity contribution is 7.89. The van der Waals surface area contributed by atoms with E-state index in [0.717, 1.165) is 5.56 Å². The first-order valence-electron chi connectivity index (χ1n) is 5.42. The lowest BCUT2D eigenvalue weighted by Gasteiger charge is -2.16. The molecule has 2 heterocycles. The molecular formula is C11H15N3O2S2. The van der Waals surface area contributed by atoms with Crippen LogP contribution in [0.15, 0.2) is 21.7 Å². The van der Waals surface area contributed by atoms with Gasteiger partial charge in [-0.25, -0.2) is 8.42 Å². The van der Waals surface area contributed by atoms with Gasteiger partial charge >= 0.3 is 0 Å². The van der Waals surface area contributed by atoms with E-state index in [1.807, 2.05) is 16.8 Å². The van der Waals surface area contributed by atoms with E-state index in [2.05, 4.69) is 10.2 Å². The Morgan fingerprint density at radius 3 is 2.67 bits per heavy atom. The van der Waals surface area contributed by atoms with Gasteiger partial charge in [0.15, 0.2) is 0 Å². The summed E-state index contributed by atoms with van der Waals surface area (Å²) in [6, 6.07) is 1.92. The van der Waals surface area contributed by atoms with Crippen molar-refractivity contribution in [2.24, 2.45) is 0 Å². The maximum atomic E-state index is 12.4. The minimum atomic E-state index is -3.49. The molecule has 0 aliphatic carbocycles. The van der Waals surface area contributed by atoms with E-state index in [0.29, 0.717) is 17.9 Å². The molecule has 0 atom stereocenters. The van der Waals surface area contributed by atoms with Gasteiger partial charge in [0.25, 0.3) is 0 Å². The minimum Gasteiger partial charge on any atom is -0.281 e. The quantitative estimate of drug-likeness (QED) is 0.933. The van der Waals surface area contributed by atoms with Crippen molar-refractivity contribution in [1.82, 2.24) is 14.5 Å². The van der Waals surface area contributed by atoms with Crippen LogP contribution in [-0.4, -0.2) is 30.0 Å². The summed E-state index contributed by atoms with van der Waals surface area (Å²) in [5.74, 6) is 0. The van der Waals surface area contributed by atoms with Crippen LogP contribution >= 0.6 is 11.3 Å². The van der Waals surface area contributed by atoms with Crippen molar-refractivity contribution in [2.45, 2.75) is 25.3 Å². The van der Waals surface area contributed by atoms with Crippen LogP contribution in [0.1, 0.15) is 17.0 Å². The molecular weight excluding hydrogens is 270 g/mol. The zero-order valence-electron chi connectivity index (χ0n) is 10.5. The molecule has 0 saturated carbocycles.